The molecule has 2 aliphatic rings. The summed E-state index contributed by atoms with van der Waals surface area (Å²) in [7, 11) is 1.65. The molecule has 0 saturated carbocycles. The van der Waals surface area contributed by atoms with E-state index in [-0.39, 0.29) is 11.8 Å². The molecule has 138 valence electrons. The van der Waals surface area contributed by atoms with Crippen molar-refractivity contribution in [3.8, 4) is 0 Å². The average Bonchev–Trinajstić information content (AvgIpc) is 2.59. The largest absolute Gasteiger partial charge is 0.383 e. The molecule has 7 nitrogen and oxygen atoms in total. The number of carbonyl (C=O) groups excluding carboxylic acids is 2. The second-order valence-corrected chi connectivity index (χ2v) is 6.76. The number of hydrogen-bond acceptors (Lipinski definition) is 5. The van der Waals surface area contributed by atoms with Gasteiger partial charge in [-0.2, -0.15) is 0 Å². The highest BCUT2D eigenvalue weighted by molar-refractivity contribution is 5.79. The molecule has 1 N–H and O–H groups in total. The summed E-state index contributed by atoms with van der Waals surface area (Å²) in [6.45, 7) is 8.13. The first kappa shape index (κ1) is 19.1. The lowest BCUT2D eigenvalue weighted by molar-refractivity contribution is -0.137. The van der Waals surface area contributed by atoms with Crippen LogP contribution in [0.3, 0.4) is 0 Å². The zero-order chi connectivity index (χ0) is 17.4. The maximum Gasteiger partial charge on any atom is 0.236 e. The number of nitrogens with zero attached hydrogens (tertiary/aromatic N) is 3. The van der Waals surface area contributed by atoms with E-state index in [1.54, 1.807) is 7.11 Å². The monoisotopic (exact) mass is 340 g/mol. The number of rotatable bonds is 7. The van der Waals surface area contributed by atoms with Crippen LogP contribution in [0, 0.1) is 0 Å². The fourth-order valence-corrected chi connectivity index (χ4v) is 3.39. The molecule has 0 aromatic heterocycles. The summed E-state index contributed by atoms with van der Waals surface area (Å²) < 4.78 is 4.95. The van der Waals surface area contributed by atoms with Crippen LogP contribution >= 0.6 is 0 Å². The number of hydrogen-bond donors (Lipinski definition) is 1. The molecule has 0 aromatic rings. The van der Waals surface area contributed by atoms with Gasteiger partial charge in [-0.15, -0.1) is 0 Å². The van der Waals surface area contributed by atoms with E-state index in [0.29, 0.717) is 45.4 Å². The van der Waals surface area contributed by atoms with Crippen molar-refractivity contribution in [3.05, 3.63) is 0 Å². The highest BCUT2D eigenvalue weighted by Crippen LogP contribution is 2.16. The maximum absolute atomic E-state index is 12.5. The normalized spacial score (nSPS) is 22.7. The molecule has 2 heterocycles. The number of likely N-dealkylation sites (tertiary alicyclic amines) is 1. The Bertz CT molecular complexity index is 411. The number of amides is 2. The second kappa shape index (κ2) is 9.96. The van der Waals surface area contributed by atoms with Gasteiger partial charge in [-0.1, -0.05) is 0 Å². The van der Waals surface area contributed by atoms with Crippen LogP contribution in [-0.4, -0.2) is 98.6 Å². The highest BCUT2D eigenvalue weighted by Gasteiger charge is 2.27. The van der Waals surface area contributed by atoms with E-state index in [9.17, 15) is 9.59 Å². The van der Waals surface area contributed by atoms with Crippen LogP contribution in [0.25, 0.3) is 0 Å². The third kappa shape index (κ3) is 5.72. The second-order valence-electron chi connectivity index (χ2n) is 6.76. The minimum atomic E-state index is 0.127. The van der Waals surface area contributed by atoms with Crippen LogP contribution in [-0.2, 0) is 14.3 Å². The Morgan fingerprint density at radius 1 is 1.08 bits per heavy atom. The number of piperidine rings is 1. The fraction of sp³-hybridized carbons (Fsp3) is 0.882. The lowest BCUT2D eigenvalue weighted by Crippen LogP contribution is -2.54. The van der Waals surface area contributed by atoms with E-state index in [1.165, 1.54) is 6.42 Å². The maximum atomic E-state index is 12.5. The summed E-state index contributed by atoms with van der Waals surface area (Å²) in [5, 5.41) is 3.08. The van der Waals surface area contributed by atoms with E-state index in [2.05, 4.69) is 17.1 Å². The van der Waals surface area contributed by atoms with Gasteiger partial charge < -0.3 is 19.9 Å². The molecule has 0 spiro atoms. The number of methoxy groups -OCH3 is 1. The summed E-state index contributed by atoms with van der Waals surface area (Å²) in [6, 6.07) is 0.368. The van der Waals surface area contributed by atoms with Crippen LogP contribution in [0.15, 0.2) is 0 Å². The standard InChI is InChI=1S/C17H32N4O3/c1-15-5-3-4-7-21(15)17(23)14-19-8-10-20(11-9-19)16(22)13-18-6-12-24-2/h15,18H,3-14H2,1-2H3. The smallest absolute Gasteiger partial charge is 0.236 e. The van der Waals surface area contributed by atoms with Crippen molar-refractivity contribution in [2.75, 3.05) is 66.1 Å². The van der Waals surface area contributed by atoms with Gasteiger partial charge >= 0.3 is 0 Å². The molecule has 0 radical (unpaired) electrons. The van der Waals surface area contributed by atoms with Crippen molar-refractivity contribution < 1.29 is 14.3 Å². The molecule has 1 unspecified atom stereocenters. The molecule has 2 aliphatic heterocycles. The van der Waals surface area contributed by atoms with Crippen LogP contribution in [0.1, 0.15) is 26.2 Å². The van der Waals surface area contributed by atoms with Crippen molar-refractivity contribution in [1.29, 1.82) is 0 Å². The molecule has 2 rings (SSSR count). The fourth-order valence-electron chi connectivity index (χ4n) is 3.39. The van der Waals surface area contributed by atoms with Crippen LogP contribution in [0.5, 0.6) is 0 Å². The molecule has 7 heteroatoms. The number of carbonyl (C=O) groups is 2. The minimum absolute atomic E-state index is 0.127. The first-order valence-corrected chi connectivity index (χ1v) is 9.11. The van der Waals surface area contributed by atoms with Gasteiger partial charge in [0.15, 0.2) is 0 Å². The molecule has 1 atom stereocenters. The first-order chi connectivity index (χ1) is 11.6. The number of piperazine rings is 1. The topological polar surface area (TPSA) is 65.1 Å². The van der Waals surface area contributed by atoms with Crippen LogP contribution in [0.4, 0.5) is 0 Å². The van der Waals surface area contributed by atoms with Crippen molar-refractivity contribution in [2.24, 2.45) is 0 Å². The summed E-state index contributed by atoms with van der Waals surface area (Å²) in [6.07, 6.45) is 3.46. The zero-order valence-electron chi connectivity index (χ0n) is 15.1. The van der Waals surface area contributed by atoms with E-state index in [0.717, 1.165) is 32.5 Å². The summed E-state index contributed by atoms with van der Waals surface area (Å²) >= 11 is 0. The molecule has 0 aromatic carbocycles. The predicted molar refractivity (Wildman–Crippen MR) is 92.8 cm³/mol. The molecule has 2 saturated heterocycles. The van der Waals surface area contributed by atoms with Gasteiger partial charge in [0, 0.05) is 52.4 Å². The molecule has 24 heavy (non-hydrogen) atoms. The Labute approximate surface area is 145 Å². The van der Waals surface area contributed by atoms with Gasteiger partial charge in [0.1, 0.15) is 0 Å². The first-order valence-electron chi connectivity index (χ1n) is 9.11. The Kier molecular flexibility index (Phi) is 7.94. The number of nitrogens with one attached hydrogen (secondary N) is 1. The van der Waals surface area contributed by atoms with Gasteiger partial charge in [-0.05, 0) is 26.2 Å². The van der Waals surface area contributed by atoms with E-state index in [4.69, 9.17) is 4.74 Å². The summed E-state index contributed by atoms with van der Waals surface area (Å²) in [5.74, 6) is 0.366. The van der Waals surface area contributed by atoms with Crippen LogP contribution in [0.2, 0.25) is 0 Å². The third-order valence-corrected chi connectivity index (χ3v) is 4.97. The average molecular weight is 340 g/mol. The van der Waals surface area contributed by atoms with Crippen molar-refractivity contribution in [2.45, 2.75) is 32.2 Å². The SMILES string of the molecule is COCCNCC(=O)N1CCN(CC(=O)N2CCCCC2C)CC1. The molecule has 2 fully saturated rings. The van der Waals surface area contributed by atoms with Gasteiger partial charge in [-0.3, -0.25) is 14.5 Å². The predicted octanol–water partition coefficient (Wildman–Crippen LogP) is -0.232. The Morgan fingerprint density at radius 3 is 2.50 bits per heavy atom. The highest BCUT2D eigenvalue weighted by atomic mass is 16.5. The van der Waals surface area contributed by atoms with Crippen LogP contribution < -0.4 is 5.32 Å². The quantitative estimate of drug-likeness (QED) is 0.649. The lowest BCUT2D eigenvalue weighted by atomic mass is 10.0. The van der Waals surface area contributed by atoms with Gasteiger partial charge in [0.05, 0.1) is 19.7 Å². The Balaban J connectivity index is 1.66. The summed E-state index contributed by atoms with van der Waals surface area (Å²) in [4.78, 5) is 30.7. The third-order valence-electron chi connectivity index (χ3n) is 4.97. The van der Waals surface area contributed by atoms with Crippen molar-refractivity contribution in [1.82, 2.24) is 20.0 Å². The minimum Gasteiger partial charge on any atom is -0.383 e. The molecule has 0 bridgehead atoms. The van der Waals surface area contributed by atoms with E-state index >= 15 is 0 Å². The lowest BCUT2D eigenvalue weighted by Gasteiger charge is -2.38. The van der Waals surface area contributed by atoms with Crippen molar-refractivity contribution in [3.63, 3.8) is 0 Å². The molecule has 2 amide bonds. The van der Waals surface area contributed by atoms with E-state index in [1.807, 2.05) is 9.80 Å². The molecule has 0 aliphatic carbocycles. The molecular formula is C17H32N4O3. The number of ether oxygens (including phenoxy) is 1. The Hall–Kier alpha value is -1.18. The summed E-state index contributed by atoms with van der Waals surface area (Å²) in [5.41, 5.74) is 0. The van der Waals surface area contributed by atoms with Gasteiger partial charge in [0.25, 0.3) is 0 Å². The van der Waals surface area contributed by atoms with Gasteiger partial charge in [-0.25, -0.2) is 0 Å². The zero-order valence-corrected chi connectivity index (χ0v) is 15.1. The van der Waals surface area contributed by atoms with Crippen molar-refractivity contribution >= 4 is 11.8 Å². The molecular weight excluding hydrogens is 308 g/mol. The Morgan fingerprint density at radius 2 is 1.83 bits per heavy atom. The van der Waals surface area contributed by atoms with Gasteiger partial charge in [0.2, 0.25) is 11.8 Å². The van der Waals surface area contributed by atoms with E-state index < -0.39 is 0 Å².